The minimum Gasteiger partial charge on any atom is -0.338 e. The summed E-state index contributed by atoms with van der Waals surface area (Å²) in [5, 5.41) is 2.66. The Kier molecular flexibility index (Phi) is 3.93. The first-order valence-corrected chi connectivity index (χ1v) is 6.74. The largest absolute Gasteiger partial charge is 0.338 e. The van der Waals surface area contributed by atoms with Gasteiger partial charge in [0.25, 0.3) is 5.91 Å². The summed E-state index contributed by atoms with van der Waals surface area (Å²) < 4.78 is 0. The predicted molar refractivity (Wildman–Crippen MR) is 79.6 cm³/mol. The molecule has 0 unspecified atom stereocenters. The van der Waals surface area contributed by atoms with E-state index < -0.39 is 0 Å². The lowest BCUT2D eigenvalue weighted by molar-refractivity contribution is -0.111. The second-order valence-electron chi connectivity index (χ2n) is 5.91. The van der Waals surface area contributed by atoms with E-state index in [1.807, 2.05) is 4.90 Å². The molecule has 1 saturated heterocycles. The fourth-order valence-electron chi connectivity index (χ4n) is 2.36. The zero-order valence-corrected chi connectivity index (χ0v) is 12.0. The van der Waals surface area contributed by atoms with Crippen molar-refractivity contribution in [3.05, 3.63) is 42.5 Å². The number of carbonyl (C=O) groups is 2. The Balaban J connectivity index is 2.05. The summed E-state index contributed by atoms with van der Waals surface area (Å²) in [5.41, 5.74) is 1.51. The third-order valence-corrected chi connectivity index (χ3v) is 3.55. The lowest BCUT2D eigenvalue weighted by Gasteiger charge is -2.20. The van der Waals surface area contributed by atoms with Crippen molar-refractivity contribution in [2.45, 2.75) is 20.3 Å². The van der Waals surface area contributed by atoms with Crippen LogP contribution < -0.4 is 5.32 Å². The topological polar surface area (TPSA) is 49.4 Å². The summed E-state index contributed by atoms with van der Waals surface area (Å²) in [5.74, 6) is -0.206. The van der Waals surface area contributed by atoms with Crippen molar-refractivity contribution < 1.29 is 9.59 Å². The van der Waals surface area contributed by atoms with Crippen LogP contribution in [0.25, 0.3) is 0 Å². The molecule has 0 spiro atoms. The van der Waals surface area contributed by atoms with Crippen LogP contribution in [0.3, 0.4) is 0 Å². The molecule has 1 heterocycles. The normalized spacial score (nSPS) is 16.8. The first kappa shape index (κ1) is 14.3. The van der Waals surface area contributed by atoms with Crippen LogP contribution >= 0.6 is 0 Å². The Morgan fingerprint density at radius 3 is 2.45 bits per heavy atom. The van der Waals surface area contributed by atoms with Crippen molar-refractivity contribution >= 4 is 17.5 Å². The molecule has 1 aromatic rings. The quantitative estimate of drug-likeness (QED) is 0.860. The third-order valence-electron chi connectivity index (χ3n) is 3.55. The number of nitrogens with zero attached hydrogens (tertiary/aromatic N) is 1. The molecule has 0 atom stereocenters. The van der Waals surface area contributed by atoms with Gasteiger partial charge < -0.3 is 10.2 Å². The number of anilines is 1. The molecule has 1 N–H and O–H groups in total. The minimum absolute atomic E-state index is 0.0529. The van der Waals surface area contributed by atoms with Gasteiger partial charge in [-0.3, -0.25) is 9.59 Å². The van der Waals surface area contributed by atoms with E-state index in [1.54, 1.807) is 24.3 Å². The number of benzene rings is 1. The predicted octanol–water partition coefficient (Wildman–Crippen LogP) is 2.68. The highest BCUT2D eigenvalue weighted by atomic mass is 16.2. The molecule has 2 amide bonds. The number of rotatable bonds is 3. The molecule has 0 bridgehead atoms. The molecule has 20 heavy (non-hydrogen) atoms. The zero-order chi connectivity index (χ0) is 14.8. The maximum absolute atomic E-state index is 12.3. The molecule has 0 saturated carbocycles. The highest BCUT2D eigenvalue weighted by Gasteiger charge is 2.32. The lowest BCUT2D eigenvalue weighted by atomic mass is 9.93. The van der Waals surface area contributed by atoms with E-state index in [9.17, 15) is 9.59 Å². The van der Waals surface area contributed by atoms with Crippen molar-refractivity contribution in [2.24, 2.45) is 5.41 Å². The van der Waals surface area contributed by atoms with Gasteiger partial charge in [0.05, 0.1) is 0 Å². The lowest BCUT2D eigenvalue weighted by Crippen LogP contribution is -2.30. The third kappa shape index (κ3) is 3.26. The van der Waals surface area contributed by atoms with Gasteiger partial charge in [-0.1, -0.05) is 20.4 Å². The zero-order valence-electron chi connectivity index (χ0n) is 12.0. The molecule has 0 radical (unpaired) electrons. The number of hydrogen-bond acceptors (Lipinski definition) is 2. The number of hydrogen-bond donors (Lipinski definition) is 1. The van der Waals surface area contributed by atoms with E-state index in [-0.39, 0.29) is 17.2 Å². The summed E-state index contributed by atoms with van der Waals surface area (Å²) in [7, 11) is 0. The summed E-state index contributed by atoms with van der Waals surface area (Å²) in [6.45, 7) is 9.34. The average Bonchev–Trinajstić information content (AvgIpc) is 2.79. The van der Waals surface area contributed by atoms with E-state index >= 15 is 0 Å². The smallest absolute Gasteiger partial charge is 0.253 e. The summed E-state index contributed by atoms with van der Waals surface area (Å²) in [4.78, 5) is 25.4. The van der Waals surface area contributed by atoms with E-state index in [0.29, 0.717) is 11.3 Å². The molecule has 4 heteroatoms. The SMILES string of the molecule is C=CC(=O)Nc1ccc(C(=O)N2CCC(C)(C)C2)cc1. The fraction of sp³-hybridized carbons (Fsp3) is 0.375. The van der Waals surface area contributed by atoms with Crippen LogP contribution in [0.4, 0.5) is 5.69 Å². The molecular formula is C16H20N2O2. The molecule has 1 aromatic carbocycles. The van der Waals surface area contributed by atoms with Crippen LogP contribution in [0.2, 0.25) is 0 Å². The molecule has 1 aliphatic heterocycles. The van der Waals surface area contributed by atoms with Crippen molar-refractivity contribution in [2.75, 3.05) is 18.4 Å². The van der Waals surface area contributed by atoms with Crippen LogP contribution in [-0.4, -0.2) is 29.8 Å². The molecule has 0 aromatic heterocycles. The summed E-state index contributed by atoms with van der Waals surface area (Å²) >= 11 is 0. The van der Waals surface area contributed by atoms with Crippen LogP contribution in [0.1, 0.15) is 30.6 Å². The Bertz CT molecular complexity index is 532. The van der Waals surface area contributed by atoms with E-state index in [4.69, 9.17) is 0 Å². The Morgan fingerprint density at radius 2 is 1.95 bits per heavy atom. The second kappa shape index (κ2) is 5.49. The van der Waals surface area contributed by atoms with Gasteiger partial charge in [-0.15, -0.1) is 0 Å². The highest BCUT2D eigenvalue weighted by Crippen LogP contribution is 2.29. The number of amides is 2. The van der Waals surface area contributed by atoms with E-state index in [2.05, 4.69) is 25.7 Å². The van der Waals surface area contributed by atoms with Crippen molar-refractivity contribution in [1.29, 1.82) is 0 Å². The van der Waals surface area contributed by atoms with Gasteiger partial charge in [0.1, 0.15) is 0 Å². The monoisotopic (exact) mass is 272 g/mol. The number of likely N-dealkylation sites (tertiary alicyclic amines) is 1. The Labute approximate surface area is 119 Å². The van der Waals surface area contributed by atoms with Gasteiger partial charge in [0.15, 0.2) is 0 Å². The minimum atomic E-state index is -0.259. The van der Waals surface area contributed by atoms with Gasteiger partial charge in [-0.25, -0.2) is 0 Å². The molecule has 4 nitrogen and oxygen atoms in total. The van der Waals surface area contributed by atoms with Crippen molar-refractivity contribution in [1.82, 2.24) is 4.90 Å². The van der Waals surface area contributed by atoms with Crippen LogP contribution in [0.5, 0.6) is 0 Å². The van der Waals surface area contributed by atoms with E-state index in [1.165, 1.54) is 6.08 Å². The average molecular weight is 272 g/mol. The van der Waals surface area contributed by atoms with Crippen molar-refractivity contribution in [3.63, 3.8) is 0 Å². The highest BCUT2D eigenvalue weighted by molar-refractivity contribution is 5.99. The van der Waals surface area contributed by atoms with Crippen LogP contribution in [0.15, 0.2) is 36.9 Å². The molecule has 106 valence electrons. The summed E-state index contributed by atoms with van der Waals surface area (Å²) in [6, 6.07) is 6.95. The number of nitrogens with one attached hydrogen (secondary N) is 1. The standard InChI is InChI=1S/C16H20N2O2/c1-4-14(19)17-13-7-5-12(6-8-13)15(20)18-10-9-16(2,3)11-18/h4-8H,1,9-11H2,2-3H3,(H,17,19). The van der Waals surface area contributed by atoms with Crippen LogP contribution in [0, 0.1) is 5.41 Å². The number of carbonyl (C=O) groups excluding carboxylic acids is 2. The molecule has 2 rings (SSSR count). The Morgan fingerprint density at radius 1 is 1.30 bits per heavy atom. The Hall–Kier alpha value is -2.10. The molecule has 0 aliphatic carbocycles. The molecular weight excluding hydrogens is 252 g/mol. The fourth-order valence-corrected chi connectivity index (χ4v) is 2.36. The van der Waals surface area contributed by atoms with Gasteiger partial charge >= 0.3 is 0 Å². The molecule has 1 fully saturated rings. The maximum atomic E-state index is 12.3. The van der Waals surface area contributed by atoms with Crippen molar-refractivity contribution in [3.8, 4) is 0 Å². The first-order chi connectivity index (χ1) is 9.41. The van der Waals surface area contributed by atoms with Crippen LogP contribution in [-0.2, 0) is 4.79 Å². The van der Waals surface area contributed by atoms with Gasteiger partial charge in [-0.2, -0.15) is 0 Å². The van der Waals surface area contributed by atoms with Gasteiger partial charge in [-0.05, 0) is 42.2 Å². The van der Waals surface area contributed by atoms with Gasteiger partial charge in [0, 0.05) is 24.3 Å². The maximum Gasteiger partial charge on any atom is 0.253 e. The first-order valence-electron chi connectivity index (χ1n) is 6.74. The molecule has 1 aliphatic rings. The summed E-state index contributed by atoms with van der Waals surface area (Å²) in [6.07, 6.45) is 2.25. The second-order valence-corrected chi connectivity index (χ2v) is 5.91. The van der Waals surface area contributed by atoms with Gasteiger partial charge in [0.2, 0.25) is 5.91 Å². The van der Waals surface area contributed by atoms with E-state index in [0.717, 1.165) is 19.5 Å².